The van der Waals surface area contributed by atoms with Gasteiger partial charge in [-0.1, -0.05) is 12.1 Å². The van der Waals surface area contributed by atoms with Gasteiger partial charge >= 0.3 is 0 Å². The van der Waals surface area contributed by atoms with E-state index in [-0.39, 0.29) is 0 Å². The van der Waals surface area contributed by atoms with Crippen molar-refractivity contribution in [1.82, 2.24) is 15.1 Å². The third-order valence-electron chi connectivity index (χ3n) is 3.42. The van der Waals surface area contributed by atoms with Crippen LogP contribution in [0.2, 0.25) is 0 Å². The quantitative estimate of drug-likeness (QED) is 0.843. The van der Waals surface area contributed by atoms with Gasteiger partial charge in [0.05, 0.1) is 12.8 Å². The molecule has 1 unspecified atom stereocenters. The van der Waals surface area contributed by atoms with Crippen LogP contribution in [0.1, 0.15) is 30.5 Å². The van der Waals surface area contributed by atoms with Gasteiger partial charge in [0.15, 0.2) is 0 Å². The molecule has 1 heterocycles. The van der Waals surface area contributed by atoms with E-state index in [4.69, 9.17) is 4.74 Å². The summed E-state index contributed by atoms with van der Waals surface area (Å²) in [5, 5.41) is 7.58. The topological polar surface area (TPSA) is 39.1 Å². The van der Waals surface area contributed by atoms with Gasteiger partial charge in [-0.15, -0.1) is 0 Å². The van der Waals surface area contributed by atoms with E-state index in [0.29, 0.717) is 12.6 Å². The van der Waals surface area contributed by atoms with E-state index in [1.165, 1.54) is 11.1 Å². The first-order valence-electron chi connectivity index (χ1n) is 7.10. The Morgan fingerprint density at radius 1 is 1.30 bits per heavy atom. The Balaban J connectivity index is 1.96. The average molecular weight is 273 g/mol. The van der Waals surface area contributed by atoms with E-state index in [2.05, 4.69) is 28.7 Å². The molecule has 0 fully saturated rings. The standard InChI is InChI=1S/C16H23N3O/c1-4-20-15-8-6-14(7-9-15)16(17-2)10-5-13-11-18-19(3)12-13/h6-9,11-12,16-17H,4-5,10H2,1-3H3. The normalized spacial score (nSPS) is 12.3. The highest BCUT2D eigenvalue weighted by molar-refractivity contribution is 5.29. The lowest BCUT2D eigenvalue weighted by Gasteiger charge is -2.16. The molecule has 0 aliphatic rings. The van der Waals surface area contributed by atoms with E-state index in [1.54, 1.807) is 0 Å². The molecule has 108 valence electrons. The lowest BCUT2D eigenvalue weighted by atomic mass is 10.0. The van der Waals surface area contributed by atoms with Crippen LogP contribution in [0.15, 0.2) is 36.7 Å². The molecule has 0 spiro atoms. The van der Waals surface area contributed by atoms with E-state index < -0.39 is 0 Å². The highest BCUT2D eigenvalue weighted by atomic mass is 16.5. The third-order valence-corrected chi connectivity index (χ3v) is 3.42. The lowest BCUT2D eigenvalue weighted by Crippen LogP contribution is -2.17. The minimum atomic E-state index is 0.353. The second-order valence-electron chi connectivity index (χ2n) is 4.90. The fourth-order valence-electron chi connectivity index (χ4n) is 2.35. The minimum absolute atomic E-state index is 0.353. The van der Waals surface area contributed by atoms with E-state index in [9.17, 15) is 0 Å². The minimum Gasteiger partial charge on any atom is -0.494 e. The molecule has 0 bridgehead atoms. The smallest absolute Gasteiger partial charge is 0.119 e. The average Bonchev–Trinajstić information content (AvgIpc) is 2.87. The summed E-state index contributed by atoms with van der Waals surface area (Å²) in [6.45, 7) is 2.70. The third kappa shape index (κ3) is 3.84. The van der Waals surface area contributed by atoms with Gasteiger partial charge in [0.25, 0.3) is 0 Å². The van der Waals surface area contributed by atoms with Crippen molar-refractivity contribution >= 4 is 0 Å². The number of hydrogen-bond donors (Lipinski definition) is 1. The molecule has 1 aromatic heterocycles. The zero-order chi connectivity index (χ0) is 14.4. The molecule has 2 rings (SSSR count). The molecule has 0 saturated heterocycles. The van der Waals surface area contributed by atoms with Gasteiger partial charge in [0.1, 0.15) is 5.75 Å². The van der Waals surface area contributed by atoms with Crippen molar-refractivity contribution in [1.29, 1.82) is 0 Å². The number of benzene rings is 1. The van der Waals surface area contributed by atoms with Crippen molar-refractivity contribution < 1.29 is 4.74 Å². The number of nitrogens with one attached hydrogen (secondary N) is 1. The molecule has 4 heteroatoms. The predicted molar refractivity (Wildman–Crippen MR) is 80.9 cm³/mol. The summed E-state index contributed by atoms with van der Waals surface area (Å²) in [5.74, 6) is 0.929. The molecule has 1 aromatic carbocycles. The number of aromatic nitrogens is 2. The fraction of sp³-hybridized carbons (Fsp3) is 0.438. The number of ether oxygens (including phenoxy) is 1. The second-order valence-corrected chi connectivity index (χ2v) is 4.90. The fourth-order valence-corrected chi connectivity index (χ4v) is 2.35. The first kappa shape index (κ1) is 14.6. The van der Waals surface area contributed by atoms with E-state index in [0.717, 1.165) is 18.6 Å². The predicted octanol–water partition coefficient (Wildman–Crippen LogP) is 2.71. The van der Waals surface area contributed by atoms with Gasteiger partial charge in [-0.3, -0.25) is 4.68 Å². The van der Waals surface area contributed by atoms with Gasteiger partial charge in [-0.05, 0) is 50.1 Å². The van der Waals surface area contributed by atoms with Crippen molar-refractivity contribution in [3.63, 3.8) is 0 Å². The van der Waals surface area contributed by atoms with Crippen LogP contribution in [0.25, 0.3) is 0 Å². The van der Waals surface area contributed by atoms with Crippen LogP contribution >= 0.6 is 0 Å². The summed E-state index contributed by atoms with van der Waals surface area (Å²) < 4.78 is 7.32. The molecule has 1 atom stereocenters. The summed E-state index contributed by atoms with van der Waals surface area (Å²) in [6, 6.07) is 8.69. The summed E-state index contributed by atoms with van der Waals surface area (Å²) in [7, 11) is 3.95. The number of rotatable bonds is 7. The monoisotopic (exact) mass is 273 g/mol. The molecule has 0 radical (unpaired) electrons. The van der Waals surface area contributed by atoms with Crippen LogP contribution in [-0.2, 0) is 13.5 Å². The van der Waals surface area contributed by atoms with Crippen LogP contribution in [0.3, 0.4) is 0 Å². The van der Waals surface area contributed by atoms with E-state index in [1.807, 2.05) is 44.0 Å². The van der Waals surface area contributed by atoms with Crippen molar-refractivity contribution in [2.75, 3.05) is 13.7 Å². The van der Waals surface area contributed by atoms with E-state index >= 15 is 0 Å². The number of hydrogen-bond acceptors (Lipinski definition) is 3. The van der Waals surface area contributed by atoms with Gasteiger partial charge in [-0.25, -0.2) is 0 Å². The maximum Gasteiger partial charge on any atom is 0.119 e. The number of aryl methyl sites for hydroxylation is 2. The van der Waals surface area contributed by atoms with Crippen LogP contribution in [-0.4, -0.2) is 23.4 Å². The van der Waals surface area contributed by atoms with Crippen molar-refractivity contribution in [3.05, 3.63) is 47.8 Å². The Labute approximate surface area is 120 Å². The Hall–Kier alpha value is -1.81. The molecular weight excluding hydrogens is 250 g/mol. The van der Waals surface area contributed by atoms with Gasteiger partial charge < -0.3 is 10.1 Å². The summed E-state index contributed by atoms with van der Waals surface area (Å²) >= 11 is 0. The highest BCUT2D eigenvalue weighted by Gasteiger charge is 2.10. The van der Waals surface area contributed by atoms with Crippen LogP contribution in [0.5, 0.6) is 5.75 Å². The molecule has 1 N–H and O–H groups in total. The first-order valence-corrected chi connectivity index (χ1v) is 7.10. The number of nitrogens with zero attached hydrogens (tertiary/aromatic N) is 2. The largest absolute Gasteiger partial charge is 0.494 e. The Morgan fingerprint density at radius 3 is 2.60 bits per heavy atom. The summed E-state index contributed by atoms with van der Waals surface area (Å²) in [4.78, 5) is 0. The molecular formula is C16H23N3O. The Morgan fingerprint density at radius 2 is 2.05 bits per heavy atom. The maximum atomic E-state index is 5.47. The lowest BCUT2D eigenvalue weighted by molar-refractivity contribution is 0.340. The summed E-state index contributed by atoms with van der Waals surface area (Å²) in [5.41, 5.74) is 2.57. The molecule has 0 amide bonds. The Kier molecular flexibility index (Phi) is 5.18. The van der Waals surface area contributed by atoms with Crippen LogP contribution in [0.4, 0.5) is 0 Å². The molecule has 20 heavy (non-hydrogen) atoms. The van der Waals surface area contributed by atoms with Crippen LogP contribution < -0.4 is 10.1 Å². The van der Waals surface area contributed by atoms with Gasteiger partial charge in [-0.2, -0.15) is 5.10 Å². The van der Waals surface area contributed by atoms with Crippen LogP contribution in [0, 0.1) is 0 Å². The molecule has 0 aliphatic carbocycles. The zero-order valence-corrected chi connectivity index (χ0v) is 12.5. The van der Waals surface area contributed by atoms with Gasteiger partial charge in [0.2, 0.25) is 0 Å². The second kappa shape index (κ2) is 7.10. The molecule has 4 nitrogen and oxygen atoms in total. The molecule has 2 aromatic rings. The Bertz CT molecular complexity index is 519. The first-order chi connectivity index (χ1) is 9.72. The molecule has 0 saturated carbocycles. The van der Waals surface area contributed by atoms with Gasteiger partial charge in [0, 0.05) is 19.3 Å². The van der Waals surface area contributed by atoms with Crippen molar-refractivity contribution in [2.24, 2.45) is 7.05 Å². The summed E-state index contributed by atoms with van der Waals surface area (Å²) in [6.07, 6.45) is 6.08. The maximum absolute atomic E-state index is 5.47. The highest BCUT2D eigenvalue weighted by Crippen LogP contribution is 2.21. The van der Waals surface area contributed by atoms with Crippen molar-refractivity contribution in [2.45, 2.75) is 25.8 Å². The zero-order valence-electron chi connectivity index (χ0n) is 12.5. The van der Waals surface area contributed by atoms with Crippen molar-refractivity contribution in [3.8, 4) is 5.75 Å². The SMILES string of the molecule is CCOc1ccc(C(CCc2cnn(C)c2)NC)cc1. The molecule has 0 aliphatic heterocycles.